The van der Waals surface area contributed by atoms with E-state index < -0.39 is 0 Å². The third kappa shape index (κ3) is 12.0. The molecule has 0 aliphatic heterocycles. The summed E-state index contributed by atoms with van der Waals surface area (Å²) >= 11 is 0. The Morgan fingerprint density at radius 2 is 1.29 bits per heavy atom. The molecule has 0 rings (SSSR count). The second-order valence-electron chi connectivity index (χ2n) is 4.82. The van der Waals surface area contributed by atoms with Gasteiger partial charge < -0.3 is 4.90 Å². The van der Waals surface area contributed by atoms with Crippen LogP contribution in [-0.2, 0) is 0 Å². The molecule has 0 saturated carbocycles. The number of allylic oxidation sites excluding steroid dienone is 2. The van der Waals surface area contributed by atoms with Crippen LogP contribution >= 0.6 is 0 Å². The molecule has 0 heterocycles. The van der Waals surface area contributed by atoms with Crippen LogP contribution in [0.3, 0.4) is 0 Å². The van der Waals surface area contributed by atoms with E-state index in [-0.39, 0.29) is 0 Å². The maximum absolute atomic E-state index is 2.52. The lowest BCUT2D eigenvalue weighted by Gasteiger charge is -2.17. The lowest BCUT2D eigenvalue weighted by molar-refractivity contribution is 0.295. The van der Waals surface area contributed by atoms with Crippen LogP contribution in [0.5, 0.6) is 0 Å². The first-order valence-corrected chi connectivity index (χ1v) is 7.72. The highest BCUT2D eigenvalue weighted by atomic mass is 15.1. The molecule has 1 nitrogen and oxygen atoms in total. The number of nitrogens with zero attached hydrogens (tertiary/aromatic N) is 1. The van der Waals surface area contributed by atoms with E-state index in [1.54, 1.807) is 0 Å². The first-order chi connectivity index (χ1) is 8.35. The second kappa shape index (κ2) is 13.8. The molecular formula is C16H33N. The largest absolute Gasteiger partial charge is 0.304 e. The Morgan fingerprint density at radius 1 is 0.706 bits per heavy atom. The van der Waals surface area contributed by atoms with Gasteiger partial charge >= 0.3 is 0 Å². The standard InChI is InChI=1S/C16H33N/c1-4-7-8-9-10-11-12-13-14-15-16-17(5-2)6-3/h7-8H,4-6,9-16H2,1-3H3. The number of unbranched alkanes of at least 4 members (excludes halogenated alkanes) is 6. The van der Waals surface area contributed by atoms with E-state index >= 15 is 0 Å². The SMILES string of the molecule is CCC=CCCCCCCCCN(CC)CC. The van der Waals surface area contributed by atoms with Crippen LogP contribution in [0.1, 0.15) is 72.1 Å². The number of rotatable bonds is 12. The number of hydrogen-bond acceptors (Lipinski definition) is 1. The molecule has 0 aromatic heterocycles. The second-order valence-corrected chi connectivity index (χ2v) is 4.82. The molecule has 102 valence electrons. The highest BCUT2D eigenvalue weighted by molar-refractivity contribution is 4.79. The van der Waals surface area contributed by atoms with Crippen LogP contribution in [0.15, 0.2) is 12.2 Å². The smallest absolute Gasteiger partial charge is 0.00190 e. The fourth-order valence-electron chi connectivity index (χ4n) is 2.13. The van der Waals surface area contributed by atoms with E-state index in [0.717, 1.165) is 0 Å². The van der Waals surface area contributed by atoms with Gasteiger partial charge in [-0.05, 0) is 45.3 Å². The average Bonchev–Trinajstić information content (AvgIpc) is 2.36. The molecule has 0 radical (unpaired) electrons. The monoisotopic (exact) mass is 239 g/mol. The first-order valence-electron chi connectivity index (χ1n) is 7.72. The maximum Gasteiger partial charge on any atom is -0.00190 e. The van der Waals surface area contributed by atoms with Gasteiger partial charge in [0.15, 0.2) is 0 Å². The predicted octanol–water partition coefficient (Wildman–Crippen LogP) is 5.03. The summed E-state index contributed by atoms with van der Waals surface area (Å²) in [6.45, 7) is 10.4. The molecule has 1 heteroatoms. The topological polar surface area (TPSA) is 3.24 Å². The van der Waals surface area contributed by atoms with Crippen LogP contribution < -0.4 is 0 Å². The molecule has 0 fully saturated rings. The Labute approximate surface area is 109 Å². The van der Waals surface area contributed by atoms with Crippen molar-refractivity contribution in [3.63, 3.8) is 0 Å². The summed E-state index contributed by atoms with van der Waals surface area (Å²) in [7, 11) is 0. The summed E-state index contributed by atoms with van der Waals surface area (Å²) in [6.07, 6.45) is 15.5. The molecular weight excluding hydrogens is 206 g/mol. The van der Waals surface area contributed by atoms with Gasteiger partial charge in [-0.3, -0.25) is 0 Å². The lowest BCUT2D eigenvalue weighted by atomic mass is 10.1. The van der Waals surface area contributed by atoms with Crippen molar-refractivity contribution < 1.29 is 0 Å². The normalized spacial score (nSPS) is 11.8. The summed E-state index contributed by atoms with van der Waals surface area (Å²) < 4.78 is 0. The average molecular weight is 239 g/mol. The highest BCUT2D eigenvalue weighted by Crippen LogP contribution is 2.08. The Morgan fingerprint density at radius 3 is 1.88 bits per heavy atom. The minimum absolute atomic E-state index is 1.19. The van der Waals surface area contributed by atoms with Gasteiger partial charge in [-0.2, -0.15) is 0 Å². The number of hydrogen-bond donors (Lipinski definition) is 0. The summed E-state index contributed by atoms with van der Waals surface area (Å²) in [5.74, 6) is 0. The molecule has 0 spiro atoms. The van der Waals surface area contributed by atoms with Crippen molar-refractivity contribution in [2.24, 2.45) is 0 Å². The quantitative estimate of drug-likeness (QED) is 0.341. The Balaban J connectivity index is 3.10. The third-order valence-electron chi connectivity index (χ3n) is 3.39. The van der Waals surface area contributed by atoms with Crippen LogP contribution in [0.25, 0.3) is 0 Å². The van der Waals surface area contributed by atoms with E-state index in [2.05, 4.69) is 37.8 Å². The van der Waals surface area contributed by atoms with Crippen molar-refractivity contribution in [3.8, 4) is 0 Å². The first kappa shape index (κ1) is 16.7. The van der Waals surface area contributed by atoms with E-state index in [4.69, 9.17) is 0 Å². The van der Waals surface area contributed by atoms with E-state index in [9.17, 15) is 0 Å². The van der Waals surface area contributed by atoms with Gasteiger partial charge in [-0.15, -0.1) is 0 Å². The van der Waals surface area contributed by atoms with Gasteiger partial charge in [0.2, 0.25) is 0 Å². The zero-order chi connectivity index (χ0) is 12.8. The van der Waals surface area contributed by atoms with Crippen molar-refractivity contribution in [1.82, 2.24) is 4.90 Å². The molecule has 17 heavy (non-hydrogen) atoms. The van der Waals surface area contributed by atoms with Gasteiger partial charge in [0.25, 0.3) is 0 Å². The highest BCUT2D eigenvalue weighted by Gasteiger charge is 1.97. The molecule has 0 aromatic carbocycles. The minimum atomic E-state index is 1.19. The fourth-order valence-corrected chi connectivity index (χ4v) is 2.13. The van der Waals surface area contributed by atoms with Crippen molar-refractivity contribution in [1.29, 1.82) is 0 Å². The van der Waals surface area contributed by atoms with Crippen LogP contribution in [0.4, 0.5) is 0 Å². The molecule has 0 saturated heterocycles. The maximum atomic E-state index is 2.52. The fraction of sp³-hybridized carbons (Fsp3) is 0.875. The van der Waals surface area contributed by atoms with Gasteiger partial charge in [-0.1, -0.05) is 58.6 Å². The Bertz CT molecular complexity index is 159. The van der Waals surface area contributed by atoms with Crippen LogP contribution in [-0.4, -0.2) is 24.5 Å². The molecule has 0 N–H and O–H groups in total. The zero-order valence-electron chi connectivity index (χ0n) is 12.4. The summed E-state index contributed by atoms with van der Waals surface area (Å²) in [4.78, 5) is 2.52. The molecule has 0 aliphatic rings. The van der Waals surface area contributed by atoms with Gasteiger partial charge in [0, 0.05) is 0 Å². The molecule has 0 aromatic rings. The van der Waals surface area contributed by atoms with E-state index in [1.165, 1.54) is 71.0 Å². The zero-order valence-corrected chi connectivity index (χ0v) is 12.4. The van der Waals surface area contributed by atoms with Crippen molar-refractivity contribution in [3.05, 3.63) is 12.2 Å². The molecule has 0 aliphatic carbocycles. The Kier molecular flexibility index (Phi) is 13.5. The van der Waals surface area contributed by atoms with Gasteiger partial charge in [0.05, 0.1) is 0 Å². The van der Waals surface area contributed by atoms with Crippen molar-refractivity contribution >= 4 is 0 Å². The van der Waals surface area contributed by atoms with Gasteiger partial charge in [0.1, 0.15) is 0 Å². The van der Waals surface area contributed by atoms with Crippen LogP contribution in [0, 0.1) is 0 Å². The van der Waals surface area contributed by atoms with Crippen molar-refractivity contribution in [2.75, 3.05) is 19.6 Å². The summed E-state index contributed by atoms with van der Waals surface area (Å²) in [5, 5.41) is 0. The molecule has 0 bridgehead atoms. The van der Waals surface area contributed by atoms with E-state index in [0.29, 0.717) is 0 Å². The predicted molar refractivity (Wildman–Crippen MR) is 79.5 cm³/mol. The minimum Gasteiger partial charge on any atom is -0.304 e. The van der Waals surface area contributed by atoms with Gasteiger partial charge in [-0.25, -0.2) is 0 Å². The third-order valence-corrected chi connectivity index (χ3v) is 3.39. The van der Waals surface area contributed by atoms with Crippen LogP contribution in [0.2, 0.25) is 0 Å². The molecule has 0 unspecified atom stereocenters. The van der Waals surface area contributed by atoms with E-state index in [1.807, 2.05) is 0 Å². The summed E-state index contributed by atoms with van der Waals surface area (Å²) in [5.41, 5.74) is 0. The summed E-state index contributed by atoms with van der Waals surface area (Å²) in [6, 6.07) is 0. The molecule has 0 atom stereocenters. The Hall–Kier alpha value is -0.300. The lowest BCUT2D eigenvalue weighted by Crippen LogP contribution is -2.23. The molecule has 0 amide bonds. The van der Waals surface area contributed by atoms with Crippen molar-refractivity contribution in [2.45, 2.75) is 72.1 Å².